The van der Waals surface area contributed by atoms with E-state index >= 15 is 0 Å². The van der Waals surface area contributed by atoms with Crippen molar-refractivity contribution in [2.75, 3.05) is 0 Å². The van der Waals surface area contributed by atoms with Crippen LogP contribution >= 0.6 is 11.3 Å². The largest absolute Gasteiger partial charge is 0.259 e. The number of nitrogens with zero attached hydrogens (tertiary/aromatic N) is 3. The van der Waals surface area contributed by atoms with Gasteiger partial charge in [0.15, 0.2) is 0 Å². The van der Waals surface area contributed by atoms with Crippen molar-refractivity contribution in [3.8, 4) is 5.69 Å². The molecule has 2 aromatic heterocycles. The molecule has 2 heterocycles. The number of aromatic nitrogens is 3. The van der Waals surface area contributed by atoms with Crippen molar-refractivity contribution in [1.29, 1.82) is 0 Å². The first-order valence-corrected chi connectivity index (χ1v) is 8.86. The van der Waals surface area contributed by atoms with Gasteiger partial charge in [-0.1, -0.05) is 18.2 Å². The molecule has 0 spiro atoms. The Labute approximate surface area is 129 Å². The lowest BCUT2D eigenvalue weighted by Gasteiger charge is -1.99. The Bertz CT molecular complexity index is 749. The normalized spacial score (nSPS) is 12.4. The van der Waals surface area contributed by atoms with E-state index < -0.39 is 10.8 Å². The zero-order chi connectivity index (χ0) is 14.7. The van der Waals surface area contributed by atoms with Crippen LogP contribution in [0.5, 0.6) is 0 Å². The zero-order valence-corrected chi connectivity index (χ0v) is 13.2. The molecule has 0 aliphatic heterocycles. The van der Waals surface area contributed by atoms with E-state index in [0.29, 0.717) is 11.5 Å². The summed E-state index contributed by atoms with van der Waals surface area (Å²) in [5.41, 5.74) is 1.99. The fraction of sp³-hybridized carbons (Fsp3) is 0.200. The summed E-state index contributed by atoms with van der Waals surface area (Å²) in [6.07, 6.45) is 5.53. The highest BCUT2D eigenvalue weighted by Gasteiger charge is 2.08. The molecule has 0 bridgehead atoms. The van der Waals surface area contributed by atoms with E-state index in [9.17, 15) is 4.21 Å². The van der Waals surface area contributed by atoms with Gasteiger partial charge in [0, 0.05) is 33.6 Å². The quantitative estimate of drug-likeness (QED) is 0.726. The van der Waals surface area contributed by atoms with Gasteiger partial charge in [0.05, 0.1) is 28.4 Å². The van der Waals surface area contributed by atoms with Gasteiger partial charge in [-0.15, -0.1) is 11.3 Å². The summed E-state index contributed by atoms with van der Waals surface area (Å²) < 4.78 is 14.0. The Hall–Kier alpha value is -1.79. The first-order valence-electron chi connectivity index (χ1n) is 6.56. The highest BCUT2D eigenvalue weighted by Crippen LogP contribution is 2.16. The second-order valence-electron chi connectivity index (χ2n) is 4.70. The molecular formula is C15H15N3OS2. The molecule has 1 atom stereocenters. The summed E-state index contributed by atoms with van der Waals surface area (Å²) in [6.45, 7) is 1.96. The number of aryl methyl sites for hydroxylation is 1. The molecule has 21 heavy (non-hydrogen) atoms. The SMILES string of the molecule is Cc1ncc(C[S@](=O)Cc2cnn(-c3ccccc3)c2)s1. The fourth-order valence-corrected chi connectivity index (χ4v) is 4.26. The molecule has 0 radical (unpaired) electrons. The molecule has 1 aromatic carbocycles. The van der Waals surface area contributed by atoms with Crippen molar-refractivity contribution in [2.45, 2.75) is 18.4 Å². The number of benzene rings is 1. The third-order valence-corrected chi connectivity index (χ3v) is 5.34. The van der Waals surface area contributed by atoms with Crippen LogP contribution in [0.1, 0.15) is 15.4 Å². The first-order chi connectivity index (χ1) is 10.2. The monoisotopic (exact) mass is 317 g/mol. The molecule has 3 rings (SSSR count). The average Bonchev–Trinajstić information content (AvgIpc) is 3.09. The molecule has 0 saturated carbocycles. The smallest absolute Gasteiger partial charge is 0.0897 e. The number of hydrogen-bond acceptors (Lipinski definition) is 4. The van der Waals surface area contributed by atoms with Gasteiger partial charge < -0.3 is 0 Å². The summed E-state index contributed by atoms with van der Waals surface area (Å²) in [4.78, 5) is 5.26. The highest BCUT2D eigenvalue weighted by atomic mass is 32.2. The van der Waals surface area contributed by atoms with Gasteiger partial charge in [-0.05, 0) is 19.1 Å². The van der Waals surface area contributed by atoms with Crippen LogP contribution < -0.4 is 0 Å². The maximum Gasteiger partial charge on any atom is 0.0897 e. The molecule has 0 amide bonds. The van der Waals surface area contributed by atoms with E-state index in [0.717, 1.165) is 21.1 Å². The van der Waals surface area contributed by atoms with Crippen molar-refractivity contribution in [1.82, 2.24) is 14.8 Å². The second kappa shape index (κ2) is 6.32. The number of thiazole rings is 1. The molecule has 0 aliphatic carbocycles. The summed E-state index contributed by atoms with van der Waals surface area (Å²) in [5, 5.41) is 5.34. The minimum atomic E-state index is -0.935. The summed E-state index contributed by atoms with van der Waals surface area (Å²) >= 11 is 1.60. The summed E-state index contributed by atoms with van der Waals surface area (Å²) in [5.74, 6) is 1.08. The summed E-state index contributed by atoms with van der Waals surface area (Å²) in [7, 11) is -0.935. The van der Waals surface area contributed by atoms with Crippen molar-refractivity contribution in [3.63, 3.8) is 0 Å². The van der Waals surface area contributed by atoms with Crippen molar-refractivity contribution >= 4 is 22.1 Å². The van der Waals surface area contributed by atoms with Crippen molar-refractivity contribution < 1.29 is 4.21 Å². The van der Waals surface area contributed by atoms with Crippen LogP contribution in [-0.2, 0) is 22.3 Å². The van der Waals surface area contributed by atoms with E-state index in [1.54, 1.807) is 17.5 Å². The van der Waals surface area contributed by atoms with Gasteiger partial charge in [0.25, 0.3) is 0 Å². The lowest BCUT2D eigenvalue weighted by Crippen LogP contribution is -1.97. The molecule has 6 heteroatoms. The van der Waals surface area contributed by atoms with Crippen LogP contribution in [0, 0.1) is 6.92 Å². The molecule has 0 aliphatic rings. The van der Waals surface area contributed by atoms with E-state index in [1.165, 1.54) is 0 Å². The van der Waals surface area contributed by atoms with E-state index in [-0.39, 0.29) is 0 Å². The van der Waals surface area contributed by atoms with E-state index in [1.807, 2.05) is 54.3 Å². The molecule has 0 unspecified atom stereocenters. The molecule has 0 fully saturated rings. The topological polar surface area (TPSA) is 47.8 Å². The van der Waals surface area contributed by atoms with E-state index in [2.05, 4.69) is 10.1 Å². The van der Waals surface area contributed by atoms with Gasteiger partial charge in [-0.25, -0.2) is 9.67 Å². The van der Waals surface area contributed by atoms with Gasteiger partial charge in [0.2, 0.25) is 0 Å². The molecule has 108 valence electrons. The summed E-state index contributed by atoms with van der Waals surface area (Å²) in [6, 6.07) is 9.91. The number of para-hydroxylation sites is 1. The predicted octanol–water partition coefficient (Wildman–Crippen LogP) is 3.09. The van der Waals surface area contributed by atoms with Crippen LogP contribution in [0.15, 0.2) is 48.9 Å². The Morgan fingerprint density at radius 2 is 2.00 bits per heavy atom. The van der Waals surface area contributed by atoms with Crippen LogP contribution in [0.2, 0.25) is 0 Å². The first kappa shape index (κ1) is 14.2. The standard InChI is InChI=1S/C15H15N3OS2/c1-12-16-8-15(20-12)11-21(19)10-13-7-17-18(9-13)14-5-3-2-4-6-14/h2-9H,10-11H2,1H3/t21-/m1/s1. The third-order valence-electron chi connectivity index (χ3n) is 2.96. The number of rotatable bonds is 5. The van der Waals surface area contributed by atoms with Crippen LogP contribution in [0.25, 0.3) is 5.69 Å². The highest BCUT2D eigenvalue weighted by molar-refractivity contribution is 7.83. The van der Waals surface area contributed by atoms with Crippen LogP contribution in [-0.4, -0.2) is 19.0 Å². The Balaban J connectivity index is 1.66. The Kier molecular flexibility index (Phi) is 4.26. The van der Waals surface area contributed by atoms with Gasteiger partial charge in [0.1, 0.15) is 0 Å². The number of hydrogen-bond donors (Lipinski definition) is 0. The maximum atomic E-state index is 12.2. The van der Waals surface area contributed by atoms with Gasteiger partial charge in [-0.2, -0.15) is 5.10 Å². The molecule has 0 N–H and O–H groups in total. The van der Waals surface area contributed by atoms with Crippen LogP contribution in [0.4, 0.5) is 0 Å². The molecule has 4 nitrogen and oxygen atoms in total. The van der Waals surface area contributed by atoms with Crippen molar-refractivity contribution in [2.24, 2.45) is 0 Å². The Morgan fingerprint density at radius 3 is 2.71 bits per heavy atom. The lowest BCUT2D eigenvalue weighted by molar-refractivity contribution is 0.682. The molecular weight excluding hydrogens is 302 g/mol. The zero-order valence-electron chi connectivity index (χ0n) is 11.6. The minimum absolute atomic E-state index is 0.518. The maximum absolute atomic E-state index is 12.2. The second-order valence-corrected chi connectivity index (χ2v) is 7.48. The Morgan fingerprint density at radius 1 is 1.19 bits per heavy atom. The fourth-order valence-electron chi connectivity index (χ4n) is 2.02. The van der Waals surface area contributed by atoms with Crippen molar-refractivity contribution in [3.05, 3.63) is 64.4 Å². The predicted molar refractivity (Wildman–Crippen MR) is 86.0 cm³/mol. The van der Waals surface area contributed by atoms with E-state index in [4.69, 9.17) is 0 Å². The minimum Gasteiger partial charge on any atom is -0.259 e. The van der Waals surface area contributed by atoms with Gasteiger partial charge >= 0.3 is 0 Å². The molecule has 3 aromatic rings. The van der Waals surface area contributed by atoms with Gasteiger partial charge in [-0.3, -0.25) is 4.21 Å². The molecule has 0 saturated heterocycles. The van der Waals surface area contributed by atoms with Crippen LogP contribution in [0.3, 0.4) is 0 Å². The third kappa shape index (κ3) is 3.65. The lowest BCUT2D eigenvalue weighted by atomic mass is 10.3. The average molecular weight is 317 g/mol.